The van der Waals surface area contributed by atoms with E-state index in [4.69, 9.17) is 4.74 Å². The molecule has 0 radical (unpaired) electrons. The Balaban J connectivity index is 1.56. The summed E-state index contributed by atoms with van der Waals surface area (Å²) in [6, 6.07) is 11.6. The molecule has 2 aromatic rings. The first-order chi connectivity index (χ1) is 15.9. The Morgan fingerprint density at radius 3 is 2.52 bits per heavy atom. The molecular formula is C25H33N5O3. The normalized spacial score (nSPS) is 13.7. The zero-order chi connectivity index (χ0) is 23.8. The summed E-state index contributed by atoms with van der Waals surface area (Å²) in [6.45, 7) is 10.7. The van der Waals surface area contributed by atoms with Crippen LogP contribution in [0.4, 0.5) is 5.82 Å². The summed E-state index contributed by atoms with van der Waals surface area (Å²) in [7, 11) is 1.64. The van der Waals surface area contributed by atoms with Gasteiger partial charge in [0.05, 0.1) is 12.8 Å². The van der Waals surface area contributed by atoms with Crippen LogP contribution in [-0.4, -0.2) is 78.2 Å². The molecule has 2 heterocycles. The fourth-order valence-electron chi connectivity index (χ4n) is 3.77. The van der Waals surface area contributed by atoms with Crippen LogP contribution in [0.1, 0.15) is 20.3 Å². The predicted molar refractivity (Wildman–Crippen MR) is 129 cm³/mol. The van der Waals surface area contributed by atoms with Crippen LogP contribution in [0.15, 0.2) is 49.1 Å². The first kappa shape index (κ1) is 24.2. The Labute approximate surface area is 195 Å². The highest BCUT2D eigenvalue weighted by Crippen LogP contribution is 2.23. The second-order valence-corrected chi connectivity index (χ2v) is 8.54. The van der Waals surface area contributed by atoms with Gasteiger partial charge in [0.15, 0.2) is 5.82 Å². The molecule has 0 atom stereocenters. The van der Waals surface area contributed by atoms with E-state index in [0.29, 0.717) is 39.1 Å². The van der Waals surface area contributed by atoms with Crippen molar-refractivity contribution in [3.8, 4) is 17.0 Å². The molecule has 0 saturated carbocycles. The van der Waals surface area contributed by atoms with E-state index in [2.05, 4.69) is 21.7 Å². The maximum absolute atomic E-state index is 12.8. The van der Waals surface area contributed by atoms with Crippen LogP contribution in [0.3, 0.4) is 0 Å². The van der Waals surface area contributed by atoms with E-state index in [1.807, 2.05) is 55.1 Å². The quantitative estimate of drug-likeness (QED) is 0.546. The van der Waals surface area contributed by atoms with E-state index in [9.17, 15) is 9.59 Å². The van der Waals surface area contributed by atoms with Crippen molar-refractivity contribution in [2.75, 3.05) is 51.3 Å². The summed E-state index contributed by atoms with van der Waals surface area (Å²) >= 11 is 0. The highest BCUT2D eigenvalue weighted by atomic mass is 16.5. The Hall–Kier alpha value is -3.42. The van der Waals surface area contributed by atoms with Gasteiger partial charge in [0, 0.05) is 44.7 Å². The van der Waals surface area contributed by atoms with Crippen LogP contribution in [0, 0.1) is 5.92 Å². The molecular weight excluding hydrogens is 418 g/mol. The van der Waals surface area contributed by atoms with Gasteiger partial charge in [0.1, 0.15) is 12.3 Å². The fraction of sp³-hybridized carbons (Fsp3) is 0.440. The minimum absolute atomic E-state index is 0.0108. The number of methoxy groups -OCH3 is 1. The summed E-state index contributed by atoms with van der Waals surface area (Å²) in [4.78, 5) is 30.8. The van der Waals surface area contributed by atoms with Gasteiger partial charge in [-0.05, 0) is 30.2 Å². The lowest BCUT2D eigenvalue weighted by atomic mass is 10.1. The smallest absolute Gasteiger partial charge is 0.242 e. The third kappa shape index (κ3) is 6.54. The molecule has 3 rings (SSSR count). The largest absolute Gasteiger partial charge is 0.497 e. The third-order valence-corrected chi connectivity index (χ3v) is 5.58. The minimum Gasteiger partial charge on any atom is -0.497 e. The average molecular weight is 452 g/mol. The number of hydrogen-bond donors (Lipinski definition) is 0. The van der Waals surface area contributed by atoms with Crippen LogP contribution in [0.25, 0.3) is 11.3 Å². The van der Waals surface area contributed by atoms with Crippen molar-refractivity contribution < 1.29 is 14.3 Å². The van der Waals surface area contributed by atoms with Crippen LogP contribution in [0.5, 0.6) is 5.75 Å². The second kappa shape index (κ2) is 11.4. The molecule has 8 nitrogen and oxygen atoms in total. The van der Waals surface area contributed by atoms with Crippen molar-refractivity contribution >= 4 is 17.6 Å². The van der Waals surface area contributed by atoms with Crippen LogP contribution >= 0.6 is 0 Å². The van der Waals surface area contributed by atoms with Crippen molar-refractivity contribution in [2.24, 2.45) is 5.92 Å². The fourth-order valence-corrected chi connectivity index (χ4v) is 3.77. The molecule has 176 valence electrons. The molecule has 0 bridgehead atoms. The Morgan fingerprint density at radius 1 is 1.15 bits per heavy atom. The first-order valence-corrected chi connectivity index (χ1v) is 11.3. The lowest BCUT2D eigenvalue weighted by molar-refractivity contribution is -0.140. The molecule has 1 saturated heterocycles. The highest BCUT2D eigenvalue weighted by molar-refractivity contribution is 5.85. The van der Waals surface area contributed by atoms with Gasteiger partial charge < -0.3 is 19.4 Å². The Morgan fingerprint density at radius 2 is 1.91 bits per heavy atom. The minimum atomic E-state index is -0.0342. The molecule has 0 aliphatic carbocycles. The van der Waals surface area contributed by atoms with E-state index in [1.54, 1.807) is 18.1 Å². The zero-order valence-electron chi connectivity index (χ0n) is 19.7. The van der Waals surface area contributed by atoms with Gasteiger partial charge in [-0.1, -0.05) is 32.1 Å². The van der Waals surface area contributed by atoms with Gasteiger partial charge in [-0.15, -0.1) is 16.8 Å². The van der Waals surface area contributed by atoms with Crippen LogP contribution in [-0.2, 0) is 9.59 Å². The summed E-state index contributed by atoms with van der Waals surface area (Å²) in [5.41, 5.74) is 1.72. The number of rotatable bonds is 9. The lowest BCUT2D eigenvalue weighted by Crippen LogP contribution is -2.52. The molecule has 1 aliphatic heterocycles. The number of carbonyl (C=O) groups excluding carboxylic acids is 2. The number of benzene rings is 1. The summed E-state index contributed by atoms with van der Waals surface area (Å²) < 4.78 is 5.28. The summed E-state index contributed by atoms with van der Waals surface area (Å²) in [5.74, 6) is 1.77. The average Bonchev–Trinajstić information content (AvgIpc) is 2.83. The van der Waals surface area contributed by atoms with Crippen molar-refractivity contribution in [2.45, 2.75) is 20.3 Å². The number of hydrogen-bond acceptors (Lipinski definition) is 6. The summed E-state index contributed by atoms with van der Waals surface area (Å²) in [6.07, 6.45) is 2.09. The zero-order valence-corrected chi connectivity index (χ0v) is 19.7. The van der Waals surface area contributed by atoms with Gasteiger partial charge in [0.25, 0.3) is 0 Å². The van der Waals surface area contributed by atoms with E-state index < -0.39 is 0 Å². The second-order valence-electron chi connectivity index (χ2n) is 8.54. The van der Waals surface area contributed by atoms with Gasteiger partial charge in [0.2, 0.25) is 11.8 Å². The van der Waals surface area contributed by atoms with Gasteiger partial charge in [-0.3, -0.25) is 9.59 Å². The SMILES string of the molecule is C=CCN(CC(=O)N1CCN(c2ccc(-c3cccc(OC)c3)nn2)CC1)C(=O)CC(C)C. The molecule has 33 heavy (non-hydrogen) atoms. The first-order valence-electron chi connectivity index (χ1n) is 11.3. The van der Waals surface area contributed by atoms with Gasteiger partial charge >= 0.3 is 0 Å². The van der Waals surface area contributed by atoms with E-state index in [0.717, 1.165) is 22.8 Å². The van der Waals surface area contributed by atoms with Crippen LogP contribution in [0.2, 0.25) is 0 Å². The Bertz CT molecular complexity index is 953. The number of carbonyl (C=O) groups is 2. The maximum atomic E-state index is 12.8. The number of anilines is 1. The third-order valence-electron chi connectivity index (χ3n) is 5.58. The number of piperazine rings is 1. The molecule has 0 N–H and O–H groups in total. The van der Waals surface area contributed by atoms with E-state index in [1.165, 1.54) is 0 Å². The lowest BCUT2D eigenvalue weighted by Gasteiger charge is -2.36. The molecule has 1 aromatic carbocycles. The van der Waals surface area contributed by atoms with Crippen molar-refractivity contribution in [3.63, 3.8) is 0 Å². The Kier molecular flexibility index (Phi) is 8.40. The molecule has 0 unspecified atom stereocenters. The molecule has 8 heteroatoms. The number of aromatic nitrogens is 2. The predicted octanol–water partition coefficient (Wildman–Crippen LogP) is 2.86. The van der Waals surface area contributed by atoms with Crippen molar-refractivity contribution in [1.29, 1.82) is 0 Å². The van der Waals surface area contributed by atoms with Gasteiger partial charge in [-0.2, -0.15) is 0 Å². The van der Waals surface area contributed by atoms with Crippen molar-refractivity contribution in [3.05, 3.63) is 49.1 Å². The molecule has 1 fully saturated rings. The number of ether oxygens (including phenoxy) is 1. The van der Waals surface area contributed by atoms with E-state index in [-0.39, 0.29) is 24.3 Å². The number of amides is 2. The van der Waals surface area contributed by atoms with E-state index >= 15 is 0 Å². The monoisotopic (exact) mass is 451 g/mol. The maximum Gasteiger partial charge on any atom is 0.242 e. The summed E-state index contributed by atoms with van der Waals surface area (Å²) in [5, 5.41) is 8.77. The highest BCUT2D eigenvalue weighted by Gasteiger charge is 2.25. The number of nitrogens with zero attached hydrogens (tertiary/aromatic N) is 5. The van der Waals surface area contributed by atoms with Crippen molar-refractivity contribution in [1.82, 2.24) is 20.0 Å². The molecule has 1 aliphatic rings. The van der Waals surface area contributed by atoms with Gasteiger partial charge in [-0.25, -0.2) is 0 Å². The topological polar surface area (TPSA) is 78.9 Å². The van der Waals surface area contributed by atoms with Crippen LogP contribution < -0.4 is 9.64 Å². The molecule has 2 amide bonds. The molecule has 0 spiro atoms. The standard InChI is InChI=1S/C25H33N5O3/c1-5-11-30(24(31)16-19(2)3)18-25(32)29-14-12-28(13-15-29)23-10-9-22(26-27-23)20-7-6-8-21(17-20)33-4/h5-10,17,19H,1,11-16,18H2,2-4H3. The molecule has 1 aromatic heterocycles.